The van der Waals surface area contributed by atoms with Gasteiger partial charge in [-0.3, -0.25) is 4.79 Å². The van der Waals surface area contributed by atoms with Crippen molar-refractivity contribution in [2.45, 2.75) is 6.42 Å². The van der Waals surface area contributed by atoms with E-state index < -0.39 is 0 Å². The number of carbonyl (C=O) groups is 1. The maximum absolute atomic E-state index is 11.8. The second kappa shape index (κ2) is 8.26. The Balaban J connectivity index is 1.48. The van der Waals surface area contributed by atoms with Crippen molar-refractivity contribution >= 4 is 23.6 Å². The normalized spacial score (nSPS) is 10.9. The molecular formula is C19H16ClN3O2. The summed E-state index contributed by atoms with van der Waals surface area (Å²) < 4.78 is 5.20. The zero-order valence-electron chi connectivity index (χ0n) is 13.4. The molecule has 0 spiro atoms. The van der Waals surface area contributed by atoms with Crippen LogP contribution in [0.4, 0.5) is 0 Å². The number of amides is 1. The molecule has 0 aliphatic heterocycles. The number of aromatic nitrogens is 2. The number of halogens is 1. The van der Waals surface area contributed by atoms with Crippen LogP contribution < -0.4 is 5.32 Å². The summed E-state index contributed by atoms with van der Waals surface area (Å²) in [5.74, 6) is 0.806. The SMILES string of the molecule is O=C(C=Cc1ccccc1)NCCc1nc(-c2ccc(Cl)cc2)no1. The predicted octanol–water partition coefficient (Wildman–Crippen LogP) is 3.76. The van der Waals surface area contributed by atoms with Gasteiger partial charge in [0.25, 0.3) is 0 Å². The summed E-state index contributed by atoms with van der Waals surface area (Å²) in [5.41, 5.74) is 1.80. The molecule has 1 N–H and O–H groups in total. The van der Waals surface area contributed by atoms with Crippen LogP contribution in [0.3, 0.4) is 0 Å². The fourth-order valence-corrected chi connectivity index (χ4v) is 2.29. The van der Waals surface area contributed by atoms with Crippen molar-refractivity contribution in [3.05, 3.63) is 77.2 Å². The molecule has 0 atom stereocenters. The molecule has 3 aromatic rings. The minimum absolute atomic E-state index is 0.165. The molecule has 6 heteroatoms. The first kappa shape index (κ1) is 16.9. The first-order chi connectivity index (χ1) is 12.2. The van der Waals surface area contributed by atoms with E-state index in [1.165, 1.54) is 6.08 Å². The highest BCUT2D eigenvalue weighted by Gasteiger charge is 2.08. The quantitative estimate of drug-likeness (QED) is 0.685. The molecule has 0 unspecified atom stereocenters. The third-order valence-corrected chi connectivity index (χ3v) is 3.69. The van der Waals surface area contributed by atoms with Crippen LogP contribution in [0.25, 0.3) is 17.5 Å². The van der Waals surface area contributed by atoms with Gasteiger partial charge in [0.1, 0.15) is 0 Å². The number of benzene rings is 2. The monoisotopic (exact) mass is 353 g/mol. The summed E-state index contributed by atoms with van der Waals surface area (Å²) >= 11 is 5.86. The Hall–Kier alpha value is -2.92. The summed E-state index contributed by atoms with van der Waals surface area (Å²) in [7, 11) is 0. The van der Waals surface area contributed by atoms with E-state index in [9.17, 15) is 4.79 Å². The lowest BCUT2D eigenvalue weighted by molar-refractivity contribution is -0.116. The van der Waals surface area contributed by atoms with Crippen molar-refractivity contribution in [2.75, 3.05) is 6.54 Å². The molecule has 126 valence electrons. The van der Waals surface area contributed by atoms with Gasteiger partial charge in [-0.15, -0.1) is 0 Å². The molecule has 1 amide bonds. The van der Waals surface area contributed by atoms with Crippen molar-refractivity contribution in [2.24, 2.45) is 0 Å². The van der Waals surface area contributed by atoms with E-state index in [0.29, 0.717) is 29.7 Å². The van der Waals surface area contributed by atoms with Crippen LogP contribution in [0.1, 0.15) is 11.5 Å². The Bertz CT molecular complexity index is 858. The smallest absolute Gasteiger partial charge is 0.244 e. The average Bonchev–Trinajstić information content (AvgIpc) is 3.10. The molecule has 25 heavy (non-hydrogen) atoms. The van der Waals surface area contributed by atoms with Gasteiger partial charge in [0.15, 0.2) is 0 Å². The molecule has 5 nitrogen and oxygen atoms in total. The number of nitrogens with one attached hydrogen (secondary N) is 1. The van der Waals surface area contributed by atoms with Gasteiger partial charge in [-0.25, -0.2) is 0 Å². The van der Waals surface area contributed by atoms with Gasteiger partial charge in [-0.05, 0) is 35.9 Å². The van der Waals surface area contributed by atoms with Crippen LogP contribution in [0, 0.1) is 0 Å². The van der Waals surface area contributed by atoms with Gasteiger partial charge < -0.3 is 9.84 Å². The van der Waals surface area contributed by atoms with E-state index >= 15 is 0 Å². The van der Waals surface area contributed by atoms with Crippen LogP contribution in [0.2, 0.25) is 5.02 Å². The van der Waals surface area contributed by atoms with Gasteiger partial charge in [0.05, 0.1) is 0 Å². The number of nitrogens with zero attached hydrogens (tertiary/aromatic N) is 2. The number of carbonyl (C=O) groups excluding carboxylic acids is 1. The second-order valence-corrected chi connectivity index (χ2v) is 5.74. The van der Waals surface area contributed by atoms with Crippen molar-refractivity contribution in [3.8, 4) is 11.4 Å². The first-order valence-electron chi connectivity index (χ1n) is 7.80. The van der Waals surface area contributed by atoms with E-state index in [1.54, 1.807) is 18.2 Å². The Labute approximate surface area is 150 Å². The highest BCUT2D eigenvalue weighted by atomic mass is 35.5. The molecule has 2 aromatic carbocycles. The molecule has 0 aliphatic carbocycles. The fourth-order valence-electron chi connectivity index (χ4n) is 2.16. The Morgan fingerprint density at radius 3 is 2.64 bits per heavy atom. The number of hydrogen-bond donors (Lipinski definition) is 1. The van der Waals surface area contributed by atoms with Crippen LogP contribution in [0.5, 0.6) is 0 Å². The maximum atomic E-state index is 11.8. The first-order valence-corrected chi connectivity index (χ1v) is 8.18. The minimum Gasteiger partial charge on any atom is -0.352 e. The standard InChI is InChI=1S/C19H16ClN3O2/c20-16-9-7-15(8-10-16)19-22-18(25-23-19)12-13-21-17(24)11-6-14-4-2-1-3-5-14/h1-11H,12-13H2,(H,21,24). The Morgan fingerprint density at radius 2 is 1.88 bits per heavy atom. The van der Waals surface area contributed by atoms with E-state index in [4.69, 9.17) is 16.1 Å². The van der Waals surface area contributed by atoms with Crippen LogP contribution in [-0.4, -0.2) is 22.6 Å². The maximum Gasteiger partial charge on any atom is 0.244 e. The highest BCUT2D eigenvalue weighted by molar-refractivity contribution is 6.30. The van der Waals surface area contributed by atoms with Crippen LogP contribution in [0.15, 0.2) is 65.2 Å². The van der Waals surface area contributed by atoms with Gasteiger partial charge in [-0.1, -0.05) is 47.1 Å². The van der Waals surface area contributed by atoms with E-state index in [-0.39, 0.29) is 5.91 Å². The summed E-state index contributed by atoms with van der Waals surface area (Å²) in [5, 5.41) is 7.37. The summed E-state index contributed by atoms with van der Waals surface area (Å²) in [4.78, 5) is 16.1. The predicted molar refractivity (Wildman–Crippen MR) is 96.9 cm³/mol. The lowest BCUT2D eigenvalue weighted by Gasteiger charge is -1.98. The van der Waals surface area contributed by atoms with Crippen LogP contribution >= 0.6 is 11.6 Å². The molecule has 3 rings (SSSR count). The molecule has 0 aliphatic rings. The molecule has 0 radical (unpaired) electrons. The Morgan fingerprint density at radius 1 is 1.12 bits per heavy atom. The number of rotatable bonds is 6. The molecule has 0 saturated heterocycles. The van der Waals surface area contributed by atoms with E-state index in [1.807, 2.05) is 42.5 Å². The molecule has 1 aromatic heterocycles. The fraction of sp³-hybridized carbons (Fsp3) is 0.105. The van der Waals surface area contributed by atoms with Crippen LogP contribution in [-0.2, 0) is 11.2 Å². The molecule has 0 saturated carbocycles. The van der Waals surface area contributed by atoms with Gasteiger partial charge in [0.2, 0.25) is 17.6 Å². The summed E-state index contributed by atoms with van der Waals surface area (Å²) in [6.45, 7) is 0.417. The highest BCUT2D eigenvalue weighted by Crippen LogP contribution is 2.18. The molecule has 1 heterocycles. The number of hydrogen-bond acceptors (Lipinski definition) is 4. The van der Waals surface area contributed by atoms with Crippen molar-refractivity contribution in [1.29, 1.82) is 0 Å². The van der Waals surface area contributed by atoms with Gasteiger partial charge in [-0.2, -0.15) is 4.98 Å². The van der Waals surface area contributed by atoms with Crippen molar-refractivity contribution in [3.63, 3.8) is 0 Å². The lowest BCUT2D eigenvalue weighted by atomic mass is 10.2. The molecular weight excluding hydrogens is 338 g/mol. The van der Waals surface area contributed by atoms with E-state index in [2.05, 4.69) is 15.5 Å². The third-order valence-electron chi connectivity index (χ3n) is 3.44. The summed E-state index contributed by atoms with van der Waals surface area (Å²) in [6, 6.07) is 16.8. The topological polar surface area (TPSA) is 68.0 Å². The van der Waals surface area contributed by atoms with Gasteiger partial charge in [0, 0.05) is 29.6 Å². The lowest BCUT2D eigenvalue weighted by Crippen LogP contribution is -2.23. The van der Waals surface area contributed by atoms with E-state index in [0.717, 1.165) is 11.1 Å². The van der Waals surface area contributed by atoms with Gasteiger partial charge >= 0.3 is 0 Å². The third kappa shape index (κ3) is 5.02. The van der Waals surface area contributed by atoms with Crippen molar-refractivity contribution in [1.82, 2.24) is 15.5 Å². The van der Waals surface area contributed by atoms with Crippen molar-refractivity contribution < 1.29 is 9.32 Å². The molecule has 0 fully saturated rings. The average molecular weight is 354 g/mol. The second-order valence-electron chi connectivity index (χ2n) is 5.30. The zero-order chi connectivity index (χ0) is 17.5. The zero-order valence-corrected chi connectivity index (χ0v) is 14.1. The molecule has 0 bridgehead atoms. The Kier molecular flexibility index (Phi) is 5.59. The summed E-state index contributed by atoms with van der Waals surface area (Å²) in [6.07, 6.45) is 3.73. The minimum atomic E-state index is -0.165. The largest absolute Gasteiger partial charge is 0.352 e.